The van der Waals surface area contributed by atoms with Crippen LogP contribution in [0.1, 0.15) is 36.5 Å². The maximum Gasteiger partial charge on any atom is 0.106 e. The van der Waals surface area contributed by atoms with Gasteiger partial charge in [0, 0.05) is 21.4 Å². The number of rotatable bonds is 4. The highest BCUT2D eigenvalue weighted by Crippen LogP contribution is 2.32. The van der Waals surface area contributed by atoms with E-state index >= 15 is 0 Å². The minimum atomic E-state index is 0.387. The van der Waals surface area contributed by atoms with E-state index in [0.717, 1.165) is 21.4 Å². The van der Waals surface area contributed by atoms with Crippen LogP contribution in [0.3, 0.4) is 0 Å². The Morgan fingerprint density at radius 1 is 1.24 bits per heavy atom. The third-order valence-corrected chi connectivity index (χ3v) is 4.15. The summed E-state index contributed by atoms with van der Waals surface area (Å²) >= 11 is 8.62. The second-order valence-electron chi connectivity index (χ2n) is 5.37. The van der Waals surface area contributed by atoms with Gasteiger partial charge in [0.25, 0.3) is 0 Å². The molecule has 0 atom stereocenters. The van der Waals surface area contributed by atoms with Gasteiger partial charge in [0.2, 0.25) is 0 Å². The van der Waals surface area contributed by atoms with Crippen molar-refractivity contribution in [2.45, 2.75) is 26.7 Å². The summed E-state index contributed by atoms with van der Waals surface area (Å²) in [7, 11) is 0. The summed E-state index contributed by atoms with van der Waals surface area (Å²) in [6, 6.07) is 12.3. The molecule has 2 nitrogen and oxygen atoms in total. The van der Waals surface area contributed by atoms with Gasteiger partial charge in [-0.3, -0.25) is 0 Å². The molecule has 0 spiro atoms. The second kappa shape index (κ2) is 6.58. The molecule has 0 amide bonds. The zero-order chi connectivity index (χ0) is 15.6. The smallest absolute Gasteiger partial charge is 0.106 e. The molecule has 0 radical (unpaired) electrons. The molecule has 0 aliphatic rings. The van der Waals surface area contributed by atoms with Gasteiger partial charge in [-0.05, 0) is 42.2 Å². The molecule has 3 N–H and O–H groups in total. The van der Waals surface area contributed by atoms with Crippen LogP contribution in [-0.4, -0.2) is 4.99 Å². The minimum absolute atomic E-state index is 0.387. The number of thiocarbonyl (C=S) groups is 1. The highest BCUT2D eigenvalue weighted by molar-refractivity contribution is 9.10. The minimum Gasteiger partial charge on any atom is -0.389 e. The fraction of sp³-hybridized carbons (Fsp3) is 0.235. The van der Waals surface area contributed by atoms with Crippen LogP contribution >= 0.6 is 28.1 Å². The number of nitrogens with one attached hydrogen (secondary N) is 1. The molecule has 0 bridgehead atoms. The fourth-order valence-electron chi connectivity index (χ4n) is 2.31. The van der Waals surface area contributed by atoms with Crippen LogP contribution in [0.5, 0.6) is 0 Å². The van der Waals surface area contributed by atoms with E-state index < -0.39 is 0 Å². The maximum absolute atomic E-state index is 5.84. The first-order chi connectivity index (χ1) is 9.90. The highest BCUT2D eigenvalue weighted by atomic mass is 79.9. The Morgan fingerprint density at radius 3 is 2.57 bits per heavy atom. The van der Waals surface area contributed by atoms with Crippen LogP contribution in [0.4, 0.5) is 11.4 Å². The third-order valence-electron chi connectivity index (χ3n) is 3.43. The molecule has 0 unspecified atom stereocenters. The summed E-state index contributed by atoms with van der Waals surface area (Å²) < 4.78 is 0.963. The Kier molecular flexibility index (Phi) is 5.01. The van der Waals surface area contributed by atoms with Crippen LogP contribution in [0, 0.1) is 6.92 Å². The van der Waals surface area contributed by atoms with E-state index in [4.69, 9.17) is 18.0 Å². The number of para-hydroxylation sites is 1. The van der Waals surface area contributed by atoms with Crippen molar-refractivity contribution in [2.75, 3.05) is 5.32 Å². The van der Waals surface area contributed by atoms with E-state index in [-0.39, 0.29) is 0 Å². The van der Waals surface area contributed by atoms with Gasteiger partial charge in [-0.15, -0.1) is 0 Å². The normalized spacial score (nSPS) is 10.7. The number of nitrogens with two attached hydrogens (primary N) is 1. The average Bonchev–Trinajstić information content (AvgIpc) is 2.42. The van der Waals surface area contributed by atoms with Gasteiger partial charge in [-0.25, -0.2) is 0 Å². The molecule has 0 heterocycles. The molecule has 110 valence electrons. The molecule has 0 saturated heterocycles. The molecule has 2 aromatic rings. The molecule has 2 aromatic carbocycles. The molecule has 0 fully saturated rings. The molecule has 0 aliphatic heterocycles. The Labute approximate surface area is 139 Å². The van der Waals surface area contributed by atoms with Crippen molar-refractivity contribution in [1.29, 1.82) is 0 Å². The summed E-state index contributed by atoms with van der Waals surface area (Å²) in [4.78, 5) is 0.387. The molecular formula is C17H19BrN2S. The first-order valence-corrected chi connectivity index (χ1v) is 8.06. The molecular weight excluding hydrogens is 344 g/mol. The molecule has 0 aromatic heterocycles. The lowest BCUT2D eigenvalue weighted by Crippen LogP contribution is -2.12. The van der Waals surface area contributed by atoms with Crippen molar-refractivity contribution in [3.8, 4) is 0 Å². The van der Waals surface area contributed by atoms with Crippen LogP contribution in [0.15, 0.2) is 40.9 Å². The number of hydrogen-bond acceptors (Lipinski definition) is 2. The largest absolute Gasteiger partial charge is 0.389 e. The number of aryl methyl sites for hydroxylation is 1. The summed E-state index contributed by atoms with van der Waals surface area (Å²) in [6.45, 7) is 6.49. The van der Waals surface area contributed by atoms with Crippen molar-refractivity contribution in [3.63, 3.8) is 0 Å². The van der Waals surface area contributed by atoms with E-state index in [1.807, 2.05) is 18.2 Å². The predicted molar refractivity (Wildman–Crippen MR) is 98.6 cm³/mol. The summed E-state index contributed by atoms with van der Waals surface area (Å²) in [6.07, 6.45) is 0. The van der Waals surface area contributed by atoms with Crippen molar-refractivity contribution in [3.05, 3.63) is 57.6 Å². The average molecular weight is 363 g/mol. The quantitative estimate of drug-likeness (QED) is 0.728. The first-order valence-electron chi connectivity index (χ1n) is 6.86. The van der Waals surface area contributed by atoms with Gasteiger partial charge in [-0.1, -0.05) is 60.2 Å². The van der Waals surface area contributed by atoms with Gasteiger partial charge < -0.3 is 11.1 Å². The molecule has 4 heteroatoms. The summed E-state index contributed by atoms with van der Waals surface area (Å²) in [5.41, 5.74) is 11.2. The Hall–Kier alpha value is -1.39. The Balaban J connectivity index is 2.51. The summed E-state index contributed by atoms with van der Waals surface area (Å²) in [5.74, 6) is 0.441. The lowest BCUT2D eigenvalue weighted by molar-refractivity contribution is 0.867. The van der Waals surface area contributed by atoms with Gasteiger partial charge in [0.1, 0.15) is 4.99 Å². The SMILES string of the molecule is Cc1cccc(C(C)C)c1Nc1ccc(Br)cc1C(N)=S. The van der Waals surface area contributed by atoms with Crippen molar-refractivity contribution in [2.24, 2.45) is 5.73 Å². The van der Waals surface area contributed by atoms with Crippen molar-refractivity contribution in [1.82, 2.24) is 0 Å². The number of benzene rings is 2. The Bertz CT molecular complexity index is 680. The topological polar surface area (TPSA) is 38.0 Å². The number of hydrogen-bond donors (Lipinski definition) is 2. The second-order valence-corrected chi connectivity index (χ2v) is 6.73. The van der Waals surface area contributed by atoms with E-state index in [1.165, 1.54) is 11.1 Å². The number of anilines is 2. The van der Waals surface area contributed by atoms with Crippen LogP contribution < -0.4 is 11.1 Å². The maximum atomic E-state index is 5.84. The molecule has 0 saturated carbocycles. The monoisotopic (exact) mass is 362 g/mol. The van der Waals surface area contributed by atoms with E-state index in [2.05, 4.69) is 60.2 Å². The van der Waals surface area contributed by atoms with Gasteiger partial charge in [0.15, 0.2) is 0 Å². The van der Waals surface area contributed by atoms with Gasteiger partial charge >= 0.3 is 0 Å². The highest BCUT2D eigenvalue weighted by Gasteiger charge is 2.12. The zero-order valence-electron chi connectivity index (χ0n) is 12.4. The zero-order valence-corrected chi connectivity index (χ0v) is 14.8. The standard InChI is InChI=1S/C17H19BrN2S/c1-10(2)13-6-4-5-11(3)16(13)20-15-8-7-12(18)9-14(15)17(19)21/h4-10,20H,1-3H3,(H2,19,21). The Morgan fingerprint density at radius 2 is 1.95 bits per heavy atom. The van der Waals surface area contributed by atoms with Crippen LogP contribution in [0.2, 0.25) is 0 Å². The fourth-order valence-corrected chi connectivity index (χ4v) is 2.84. The third kappa shape index (κ3) is 3.63. The van der Waals surface area contributed by atoms with Crippen LogP contribution in [-0.2, 0) is 0 Å². The van der Waals surface area contributed by atoms with E-state index in [1.54, 1.807) is 0 Å². The van der Waals surface area contributed by atoms with Gasteiger partial charge in [-0.2, -0.15) is 0 Å². The van der Waals surface area contributed by atoms with E-state index in [0.29, 0.717) is 10.9 Å². The molecule has 21 heavy (non-hydrogen) atoms. The molecule has 0 aliphatic carbocycles. The van der Waals surface area contributed by atoms with Crippen molar-refractivity contribution >= 4 is 44.5 Å². The summed E-state index contributed by atoms with van der Waals surface area (Å²) in [5, 5.41) is 3.51. The number of halogens is 1. The predicted octanol–water partition coefficient (Wildman–Crippen LogP) is 5.26. The lowest BCUT2D eigenvalue weighted by Gasteiger charge is -2.19. The van der Waals surface area contributed by atoms with E-state index in [9.17, 15) is 0 Å². The molecule has 2 rings (SSSR count). The lowest BCUT2D eigenvalue weighted by atomic mass is 9.97. The van der Waals surface area contributed by atoms with Gasteiger partial charge in [0.05, 0.1) is 0 Å². The van der Waals surface area contributed by atoms with Crippen LogP contribution in [0.25, 0.3) is 0 Å². The van der Waals surface area contributed by atoms with Crippen molar-refractivity contribution < 1.29 is 0 Å². The first kappa shape index (κ1) is 16.0.